The molecule has 0 fully saturated rings. The summed E-state index contributed by atoms with van der Waals surface area (Å²) in [5.41, 5.74) is 2.86. The van der Waals surface area contributed by atoms with Gasteiger partial charge in [-0.3, -0.25) is 4.79 Å². The number of aryl methyl sites for hydroxylation is 1. The van der Waals surface area contributed by atoms with Crippen molar-refractivity contribution < 1.29 is 15.0 Å². The summed E-state index contributed by atoms with van der Waals surface area (Å²) in [7, 11) is 0. The Morgan fingerprint density at radius 2 is 1.77 bits per heavy atom. The van der Waals surface area contributed by atoms with Crippen molar-refractivity contribution in [3.63, 3.8) is 0 Å². The van der Waals surface area contributed by atoms with Crippen molar-refractivity contribution in [2.45, 2.75) is 19.4 Å². The lowest BCUT2D eigenvalue weighted by atomic mass is 10.1. The molecule has 0 amide bonds. The van der Waals surface area contributed by atoms with Crippen LogP contribution >= 0.6 is 0 Å². The van der Waals surface area contributed by atoms with Crippen LogP contribution in [0.15, 0.2) is 60.7 Å². The van der Waals surface area contributed by atoms with E-state index in [1.54, 1.807) is 12.1 Å². The third-order valence-electron chi connectivity index (χ3n) is 4.51. The van der Waals surface area contributed by atoms with Gasteiger partial charge in [0.1, 0.15) is 11.6 Å². The van der Waals surface area contributed by atoms with Crippen molar-refractivity contribution >= 4 is 27.8 Å². The number of aliphatic carboxylic acids is 1. The Bertz CT molecular complexity index is 1110. The fourth-order valence-corrected chi connectivity index (χ4v) is 3.28. The number of phenolic OH excluding ortho intramolecular Hbond substituents is 1. The number of imidazole rings is 1. The minimum Gasteiger partial charge on any atom is -0.508 e. The molecule has 1 heterocycles. The first kappa shape index (κ1) is 16.1. The van der Waals surface area contributed by atoms with Crippen molar-refractivity contribution in [1.82, 2.24) is 9.55 Å². The molecule has 0 aliphatic heterocycles. The molecule has 4 aromatic rings. The number of carboxylic acid groups (broad SMARTS) is 1. The molecular formula is C21H18N2O3. The van der Waals surface area contributed by atoms with Gasteiger partial charge < -0.3 is 14.8 Å². The van der Waals surface area contributed by atoms with Crippen molar-refractivity contribution in [1.29, 1.82) is 0 Å². The molecule has 1 aromatic heterocycles. The van der Waals surface area contributed by atoms with Crippen molar-refractivity contribution in [2.24, 2.45) is 0 Å². The lowest BCUT2D eigenvalue weighted by molar-refractivity contribution is -0.137. The number of carbonyl (C=O) groups is 1. The van der Waals surface area contributed by atoms with E-state index in [-0.39, 0.29) is 12.2 Å². The topological polar surface area (TPSA) is 75.3 Å². The number of phenols is 1. The maximum absolute atomic E-state index is 10.9. The van der Waals surface area contributed by atoms with E-state index in [2.05, 4.69) is 4.57 Å². The fourth-order valence-electron chi connectivity index (χ4n) is 3.28. The van der Waals surface area contributed by atoms with Crippen LogP contribution in [0.4, 0.5) is 0 Å². The summed E-state index contributed by atoms with van der Waals surface area (Å²) in [6.07, 6.45) is 0.674. The first-order valence-corrected chi connectivity index (χ1v) is 8.52. The second-order valence-electron chi connectivity index (χ2n) is 6.32. The Morgan fingerprint density at radius 3 is 2.62 bits per heavy atom. The van der Waals surface area contributed by atoms with E-state index in [4.69, 9.17) is 10.1 Å². The molecule has 3 aromatic carbocycles. The van der Waals surface area contributed by atoms with Gasteiger partial charge in [-0.05, 0) is 47.5 Å². The minimum atomic E-state index is -0.790. The van der Waals surface area contributed by atoms with E-state index in [9.17, 15) is 9.90 Å². The molecule has 0 spiro atoms. The SMILES string of the molecule is O=C(O)CCCn1c(-c2ccc3cc(O)ccc3c2)nc2ccccc21. The molecule has 26 heavy (non-hydrogen) atoms. The minimum absolute atomic E-state index is 0.128. The highest BCUT2D eigenvalue weighted by molar-refractivity contribution is 5.89. The lowest BCUT2D eigenvalue weighted by Crippen LogP contribution is -2.04. The summed E-state index contributed by atoms with van der Waals surface area (Å²) in [5, 5.41) is 20.5. The third-order valence-corrected chi connectivity index (χ3v) is 4.51. The zero-order valence-electron chi connectivity index (χ0n) is 14.1. The largest absolute Gasteiger partial charge is 0.508 e. The van der Waals surface area contributed by atoms with Gasteiger partial charge in [0, 0.05) is 18.5 Å². The van der Waals surface area contributed by atoms with Gasteiger partial charge in [-0.25, -0.2) is 4.98 Å². The van der Waals surface area contributed by atoms with Crippen LogP contribution in [-0.2, 0) is 11.3 Å². The first-order valence-electron chi connectivity index (χ1n) is 8.52. The number of carboxylic acids is 1. The van der Waals surface area contributed by atoms with E-state index in [0.717, 1.165) is 33.2 Å². The van der Waals surface area contributed by atoms with Gasteiger partial charge in [-0.15, -0.1) is 0 Å². The molecule has 0 aliphatic carbocycles. The van der Waals surface area contributed by atoms with E-state index in [0.29, 0.717) is 13.0 Å². The smallest absolute Gasteiger partial charge is 0.303 e. The van der Waals surface area contributed by atoms with E-state index < -0.39 is 5.97 Å². The molecule has 0 unspecified atom stereocenters. The number of aromatic nitrogens is 2. The molecule has 4 rings (SSSR count). The van der Waals surface area contributed by atoms with Gasteiger partial charge >= 0.3 is 5.97 Å². The van der Waals surface area contributed by atoms with E-state index in [1.165, 1.54) is 0 Å². The van der Waals surface area contributed by atoms with E-state index >= 15 is 0 Å². The number of hydrogen-bond acceptors (Lipinski definition) is 3. The van der Waals surface area contributed by atoms with Gasteiger partial charge in [-0.1, -0.05) is 30.3 Å². The van der Waals surface area contributed by atoms with Crippen molar-refractivity contribution in [3.8, 4) is 17.1 Å². The van der Waals surface area contributed by atoms with Gasteiger partial charge in [0.2, 0.25) is 0 Å². The van der Waals surface area contributed by atoms with Crippen molar-refractivity contribution in [2.75, 3.05) is 0 Å². The molecule has 5 heteroatoms. The highest BCUT2D eigenvalue weighted by Crippen LogP contribution is 2.29. The monoisotopic (exact) mass is 346 g/mol. The summed E-state index contributed by atoms with van der Waals surface area (Å²) in [6.45, 7) is 0.593. The molecular weight excluding hydrogens is 328 g/mol. The average molecular weight is 346 g/mol. The van der Waals surface area contributed by atoms with Gasteiger partial charge in [0.15, 0.2) is 0 Å². The molecule has 2 N–H and O–H groups in total. The molecule has 5 nitrogen and oxygen atoms in total. The van der Waals surface area contributed by atoms with Crippen LogP contribution in [0.3, 0.4) is 0 Å². The summed E-state index contributed by atoms with van der Waals surface area (Å²) in [5.74, 6) is 0.277. The van der Waals surface area contributed by atoms with Crippen LogP contribution in [0, 0.1) is 0 Å². The standard InChI is InChI=1S/C21H18N2O3/c24-17-10-9-14-12-16(8-7-15(14)13-17)21-22-18-4-1-2-5-19(18)23(21)11-3-6-20(25)26/h1-2,4-5,7-10,12-13,24H,3,6,11H2,(H,25,26). The summed E-state index contributed by atoms with van der Waals surface area (Å²) in [4.78, 5) is 15.6. The maximum atomic E-state index is 10.9. The maximum Gasteiger partial charge on any atom is 0.303 e. The molecule has 0 atom stereocenters. The number of benzene rings is 3. The molecule has 0 radical (unpaired) electrons. The normalized spacial score (nSPS) is 11.2. The van der Waals surface area contributed by atoms with Crippen LogP contribution in [0.5, 0.6) is 5.75 Å². The summed E-state index contributed by atoms with van der Waals surface area (Å²) < 4.78 is 2.08. The molecule has 0 bridgehead atoms. The first-order chi connectivity index (χ1) is 12.6. The van der Waals surface area contributed by atoms with Crippen LogP contribution < -0.4 is 0 Å². The molecule has 0 aliphatic rings. The highest BCUT2D eigenvalue weighted by atomic mass is 16.4. The number of hydrogen-bond donors (Lipinski definition) is 2. The van der Waals surface area contributed by atoms with Gasteiger partial charge in [-0.2, -0.15) is 0 Å². The quantitative estimate of drug-likeness (QED) is 0.561. The third kappa shape index (κ3) is 2.99. The lowest BCUT2D eigenvalue weighted by Gasteiger charge is -2.09. The summed E-state index contributed by atoms with van der Waals surface area (Å²) >= 11 is 0. The highest BCUT2D eigenvalue weighted by Gasteiger charge is 2.13. The zero-order chi connectivity index (χ0) is 18.1. The van der Waals surface area contributed by atoms with E-state index in [1.807, 2.05) is 48.5 Å². The van der Waals surface area contributed by atoms with Gasteiger partial charge in [0.25, 0.3) is 0 Å². The van der Waals surface area contributed by atoms with Crippen LogP contribution in [0.1, 0.15) is 12.8 Å². The number of aromatic hydroxyl groups is 1. The Hall–Kier alpha value is -3.34. The Labute approximate surface area is 150 Å². The Kier molecular flexibility index (Phi) is 4.05. The molecule has 0 saturated carbocycles. The Morgan fingerprint density at radius 1 is 1.00 bits per heavy atom. The number of para-hydroxylation sites is 2. The van der Waals surface area contributed by atoms with Crippen LogP contribution in [0.25, 0.3) is 33.2 Å². The van der Waals surface area contributed by atoms with Crippen LogP contribution in [-0.4, -0.2) is 25.7 Å². The number of nitrogens with zero attached hydrogens (tertiary/aromatic N) is 2. The summed E-state index contributed by atoms with van der Waals surface area (Å²) in [6, 6.07) is 19.2. The molecule has 130 valence electrons. The predicted octanol–water partition coefficient (Wildman–Crippen LogP) is 4.43. The predicted molar refractivity (Wildman–Crippen MR) is 101 cm³/mol. The molecule has 0 saturated heterocycles. The van der Waals surface area contributed by atoms with Crippen LogP contribution in [0.2, 0.25) is 0 Å². The average Bonchev–Trinajstić information content (AvgIpc) is 3.00. The Balaban J connectivity index is 1.82. The van der Waals surface area contributed by atoms with Gasteiger partial charge in [0.05, 0.1) is 11.0 Å². The fraction of sp³-hybridized carbons (Fsp3) is 0.143. The number of rotatable bonds is 5. The second kappa shape index (κ2) is 6.52. The second-order valence-corrected chi connectivity index (χ2v) is 6.32. The van der Waals surface area contributed by atoms with Crippen molar-refractivity contribution in [3.05, 3.63) is 60.7 Å². The zero-order valence-corrected chi connectivity index (χ0v) is 14.1. The number of fused-ring (bicyclic) bond motifs is 2.